The summed E-state index contributed by atoms with van der Waals surface area (Å²) in [5.41, 5.74) is 9.88. The summed E-state index contributed by atoms with van der Waals surface area (Å²) in [5.74, 6) is 0. The second-order valence-corrected chi connectivity index (χ2v) is 13.6. The zero-order valence-corrected chi connectivity index (χ0v) is 27.3. The summed E-state index contributed by atoms with van der Waals surface area (Å²) in [7, 11) is 0. The lowest BCUT2D eigenvalue weighted by Gasteiger charge is -2.26. The van der Waals surface area contributed by atoms with Crippen LogP contribution in [0, 0.1) is 0 Å². The molecular weight excluding hydrogens is 615 g/mol. The van der Waals surface area contributed by atoms with E-state index in [1.54, 1.807) is 0 Å². The van der Waals surface area contributed by atoms with Gasteiger partial charge in [-0.2, -0.15) is 0 Å². The second-order valence-electron chi connectivity index (χ2n) is 12.5. The maximum absolute atomic E-state index is 6.52. The van der Waals surface area contributed by atoms with Crippen molar-refractivity contribution in [2.24, 2.45) is 0 Å². The molecule has 10 aromatic rings. The maximum atomic E-state index is 6.52. The number of benzene rings is 8. The van der Waals surface area contributed by atoms with Gasteiger partial charge >= 0.3 is 0 Å². The van der Waals surface area contributed by atoms with Gasteiger partial charge < -0.3 is 9.32 Å². The lowest BCUT2D eigenvalue weighted by molar-refractivity contribution is 0.673. The van der Waals surface area contributed by atoms with E-state index >= 15 is 0 Å². The number of fused-ring (bicyclic) bond motifs is 8. The fourth-order valence-electron chi connectivity index (χ4n) is 7.34. The third-order valence-corrected chi connectivity index (χ3v) is 10.8. The van der Waals surface area contributed by atoms with Crippen LogP contribution < -0.4 is 4.90 Å². The second kappa shape index (κ2) is 11.2. The first-order valence-electron chi connectivity index (χ1n) is 16.6. The minimum atomic E-state index is 0.901. The molecular formula is C46H29NOS. The summed E-state index contributed by atoms with van der Waals surface area (Å²) in [6, 6.07) is 63.2. The molecule has 0 unspecified atom stereocenters. The van der Waals surface area contributed by atoms with Crippen LogP contribution in [0.15, 0.2) is 180 Å². The van der Waals surface area contributed by atoms with Crippen LogP contribution in [0.5, 0.6) is 0 Å². The Morgan fingerprint density at radius 2 is 1.12 bits per heavy atom. The van der Waals surface area contributed by atoms with Gasteiger partial charge in [-0.15, -0.1) is 11.3 Å². The highest BCUT2D eigenvalue weighted by atomic mass is 32.1. The van der Waals surface area contributed by atoms with Gasteiger partial charge in [0.2, 0.25) is 0 Å². The van der Waals surface area contributed by atoms with E-state index in [0.717, 1.165) is 55.5 Å². The van der Waals surface area contributed by atoms with Crippen molar-refractivity contribution >= 4 is 81.3 Å². The average Bonchev–Trinajstić information content (AvgIpc) is 3.74. The van der Waals surface area contributed by atoms with Crippen LogP contribution in [0.3, 0.4) is 0 Å². The van der Waals surface area contributed by atoms with Gasteiger partial charge in [0.1, 0.15) is 11.2 Å². The first-order valence-corrected chi connectivity index (χ1v) is 17.4. The Morgan fingerprint density at radius 3 is 2.02 bits per heavy atom. The van der Waals surface area contributed by atoms with E-state index in [1.807, 2.05) is 11.3 Å². The first-order chi connectivity index (χ1) is 24.3. The lowest BCUT2D eigenvalue weighted by Crippen LogP contribution is -2.09. The normalized spacial score (nSPS) is 11.7. The molecule has 0 bridgehead atoms. The van der Waals surface area contributed by atoms with Crippen LogP contribution in [-0.4, -0.2) is 0 Å². The van der Waals surface area contributed by atoms with Gasteiger partial charge in [0.25, 0.3) is 0 Å². The molecule has 8 aromatic carbocycles. The van der Waals surface area contributed by atoms with Crippen molar-refractivity contribution in [3.8, 4) is 22.3 Å². The number of hydrogen-bond donors (Lipinski definition) is 0. The number of anilines is 3. The molecule has 2 nitrogen and oxygen atoms in total. The molecule has 0 aliphatic rings. The molecule has 10 rings (SSSR count). The standard InChI is InChI=1S/C46H29NOS/c1-2-12-34(13-3-1)47(35-24-20-30(21-25-35)32-23-27-44-41(29-32)39-16-6-7-19-43(39)49-44)36-14-8-11-33(28-36)37-17-9-18-42-45(37)40-26-22-31-10-4-5-15-38(31)46(40)48-42/h1-29H. The first kappa shape index (κ1) is 27.9. The summed E-state index contributed by atoms with van der Waals surface area (Å²) < 4.78 is 9.18. The third-order valence-electron chi connectivity index (χ3n) is 9.65. The van der Waals surface area contributed by atoms with Crippen LogP contribution in [0.1, 0.15) is 0 Å². The third kappa shape index (κ3) is 4.62. The Morgan fingerprint density at radius 1 is 0.408 bits per heavy atom. The molecule has 0 fully saturated rings. The zero-order chi connectivity index (χ0) is 32.3. The highest BCUT2D eigenvalue weighted by Gasteiger charge is 2.17. The van der Waals surface area contributed by atoms with Crippen molar-refractivity contribution in [1.29, 1.82) is 0 Å². The number of para-hydroxylation sites is 1. The Hall–Kier alpha value is -6.16. The molecule has 0 aliphatic carbocycles. The van der Waals surface area contributed by atoms with Crippen LogP contribution in [0.25, 0.3) is 75.1 Å². The molecule has 0 saturated carbocycles. The molecule has 0 aliphatic heterocycles. The summed E-state index contributed by atoms with van der Waals surface area (Å²) in [4.78, 5) is 2.34. The van der Waals surface area contributed by atoms with Crippen molar-refractivity contribution < 1.29 is 4.42 Å². The lowest BCUT2D eigenvalue weighted by atomic mass is 9.97. The average molecular weight is 644 g/mol. The number of nitrogens with zero attached hydrogens (tertiary/aromatic N) is 1. The van der Waals surface area contributed by atoms with E-state index < -0.39 is 0 Å². The highest BCUT2D eigenvalue weighted by Crippen LogP contribution is 2.42. The maximum Gasteiger partial charge on any atom is 0.143 e. The molecule has 2 aromatic heterocycles. The molecule has 2 heterocycles. The van der Waals surface area contributed by atoms with Gasteiger partial charge in [0.15, 0.2) is 0 Å². The van der Waals surface area contributed by atoms with E-state index in [0.29, 0.717) is 0 Å². The topological polar surface area (TPSA) is 16.4 Å². The number of rotatable bonds is 5. The summed E-state index contributed by atoms with van der Waals surface area (Å²) in [6.07, 6.45) is 0. The van der Waals surface area contributed by atoms with Gasteiger partial charge in [0, 0.05) is 53.4 Å². The largest absolute Gasteiger partial charge is 0.455 e. The molecule has 0 N–H and O–H groups in total. The monoisotopic (exact) mass is 643 g/mol. The molecule has 49 heavy (non-hydrogen) atoms. The van der Waals surface area contributed by atoms with Crippen molar-refractivity contribution in [3.05, 3.63) is 176 Å². The van der Waals surface area contributed by atoms with Crippen molar-refractivity contribution in [2.75, 3.05) is 4.90 Å². The van der Waals surface area contributed by atoms with Crippen LogP contribution in [-0.2, 0) is 0 Å². The Kier molecular flexibility index (Phi) is 6.39. The van der Waals surface area contributed by atoms with E-state index in [2.05, 4.69) is 181 Å². The minimum Gasteiger partial charge on any atom is -0.455 e. The van der Waals surface area contributed by atoms with E-state index in [4.69, 9.17) is 4.42 Å². The smallest absolute Gasteiger partial charge is 0.143 e. The van der Waals surface area contributed by atoms with Crippen LogP contribution >= 0.6 is 11.3 Å². The zero-order valence-electron chi connectivity index (χ0n) is 26.5. The fourth-order valence-corrected chi connectivity index (χ4v) is 8.43. The Bertz CT molecular complexity index is 2830. The van der Waals surface area contributed by atoms with Gasteiger partial charge in [-0.3, -0.25) is 0 Å². The van der Waals surface area contributed by atoms with Crippen molar-refractivity contribution in [1.82, 2.24) is 0 Å². The van der Waals surface area contributed by atoms with Crippen LogP contribution in [0.2, 0.25) is 0 Å². The fraction of sp³-hybridized carbons (Fsp3) is 0. The van der Waals surface area contributed by atoms with Crippen molar-refractivity contribution in [2.45, 2.75) is 0 Å². The molecule has 0 spiro atoms. The summed E-state index contributed by atoms with van der Waals surface area (Å²) >= 11 is 1.86. The summed E-state index contributed by atoms with van der Waals surface area (Å²) in [5, 5.41) is 7.24. The van der Waals surface area contributed by atoms with Gasteiger partial charge in [-0.25, -0.2) is 0 Å². The van der Waals surface area contributed by atoms with E-state index in [-0.39, 0.29) is 0 Å². The summed E-state index contributed by atoms with van der Waals surface area (Å²) in [6.45, 7) is 0. The van der Waals surface area contributed by atoms with Crippen LogP contribution in [0.4, 0.5) is 17.1 Å². The number of thiophene rings is 1. The van der Waals surface area contributed by atoms with Gasteiger partial charge in [-0.1, -0.05) is 109 Å². The quantitative estimate of drug-likeness (QED) is 0.186. The SMILES string of the molecule is c1ccc(N(c2ccc(-c3ccc4sc5ccccc5c4c3)cc2)c2cccc(-c3cccc4oc5c6ccccc6ccc5c34)c2)cc1. The Labute approximate surface area is 287 Å². The van der Waals surface area contributed by atoms with E-state index in [9.17, 15) is 0 Å². The van der Waals surface area contributed by atoms with Gasteiger partial charge in [0.05, 0.1) is 0 Å². The predicted octanol–water partition coefficient (Wildman–Crippen LogP) is 13.9. The number of hydrogen-bond acceptors (Lipinski definition) is 3. The predicted molar refractivity (Wildman–Crippen MR) is 210 cm³/mol. The molecule has 0 radical (unpaired) electrons. The minimum absolute atomic E-state index is 0.901. The Balaban J connectivity index is 1.08. The van der Waals surface area contributed by atoms with Gasteiger partial charge in [-0.05, 0) is 94.4 Å². The molecule has 3 heteroatoms. The van der Waals surface area contributed by atoms with Crippen molar-refractivity contribution in [3.63, 3.8) is 0 Å². The molecule has 0 amide bonds. The molecule has 230 valence electrons. The highest BCUT2D eigenvalue weighted by molar-refractivity contribution is 7.25. The molecule has 0 atom stereocenters. The van der Waals surface area contributed by atoms with E-state index in [1.165, 1.54) is 36.7 Å². The molecule has 0 saturated heterocycles. The number of furan rings is 1.